The van der Waals surface area contributed by atoms with E-state index in [2.05, 4.69) is 89.3 Å². The summed E-state index contributed by atoms with van der Waals surface area (Å²) in [6.07, 6.45) is 1.03. The van der Waals surface area contributed by atoms with E-state index in [1.54, 1.807) is 0 Å². The van der Waals surface area contributed by atoms with E-state index in [1.165, 1.54) is 16.8 Å². The van der Waals surface area contributed by atoms with Crippen LogP contribution in [-0.2, 0) is 6.54 Å². The molecule has 1 unspecified atom stereocenters. The fourth-order valence-electron chi connectivity index (χ4n) is 3.44. The van der Waals surface area contributed by atoms with E-state index < -0.39 is 0 Å². The van der Waals surface area contributed by atoms with Gasteiger partial charge in [0.1, 0.15) is 5.69 Å². The number of aromatic nitrogens is 3. The van der Waals surface area contributed by atoms with Crippen molar-refractivity contribution in [3.05, 3.63) is 54.1 Å². The van der Waals surface area contributed by atoms with Crippen LogP contribution in [0.5, 0.6) is 0 Å². The molecule has 0 N–H and O–H groups in total. The van der Waals surface area contributed by atoms with Gasteiger partial charge in [-0.05, 0) is 25.0 Å². The molecule has 0 amide bonds. The van der Waals surface area contributed by atoms with Gasteiger partial charge in [-0.3, -0.25) is 0 Å². The number of hydrogen-bond donors (Lipinski definition) is 0. The van der Waals surface area contributed by atoms with Crippen LogP contribution in [0.15, 0.2) is 48.5 Å². The Morgan fingerprint density at radius 1 is 1.04 bits per heavy atom. The number of nitrogens with zero attached hydrogens (tertiary/aromatic N) is 4. The van der Waals surface area contributed by atoms with E-state index in [1.807, 2.05) is 0 Å². The van der Waals surface area contributed by atoms with Crippen LogP contribution < -0.4 is 4.90 Å². The molecule has 3 aromatic rings. The van der Waals surface area contributed by atoms with Crippen LogP contribution in [0.25, 0.3) is 22.5 Å². The van der Waals surface area contributed by atoms with Gasteiger partial charge in [0.2, 0.25) is 0 Å². The fourth-order valence-corrected chi connectivity index (χ4v) is 3.44. The van der Waals surface area contributed by atoms with Crippen LogP contribution in [0.4, 0.5) is 5.69 Å². The minimum atomic E-state index is 0.318. The van der Waals surface area contributed by atoms with Crippen molar-refractivity contribution < 1.29 is 0 Å². The SMILES string of the molecule is CCC(C)n1nnc2c1-c1ccccc1CN(C)c1ccccc1-2. The Balaban J connectivity index is 2.07. The zero-order chi connectivity index (χ0) is 16.7. The van der Waals surface area contributed by atoms with Gasteiger partial charge >= 0.3 is 0 Å². The van der Waals surface area contributed by atoms with Gasteiger partial charge in [0, 0.05) is 30.4 Å². The molecule has 1 aliphatic heterocycles. The van der Waals surface area contributed by atoms with Crippen molar-refractivity contribution in [2.24, 2.45) is 0 Å². The molecule has 122 valence electrons. The molecule has 1 aliphatic rings. The van der Waals surface area contributed by atoms with Crippen molar-refractivity contribution >= 4 is 5.69 Å². The number of hydrogen-bond acceptors (Lipinski definition) is 3. The predicted octanol–water partition coefficient (Wildman–Crippen LogP) is 4.53. The first-order valence-electron chi connectivity index (χ1n) is 8.54. The van der Waals surface area contributed by atoms with Crippen molar-refractivity contribution in [1.82, 2.24) is 15.0 Å². The van der Waals surface area contributed by atoms with Crippen molar-refractivity contribution in [3.63, 3.8) is 0 Å². The molecule has 1 atom stereocenters. The third-order valence-electron chi connectivity index (χ3n) is 4.95. The Morgan fingerprint density at radius 3 is 2.54 bits per heavy atom. The summed E-state index contributed by atoms with van der Waals surface area (Å²) >= 11 is 0. The topological polar surface area (TPSA) is 34.0 Å². The smallest absolute Gasteiger partial charge is 0.123 e. The standard InChI is InChI=1S/C20H22N4/c1-4-14(2)24-20-16-10-6-5-9-15(16)13-23(3)18-12-8-7-11-17(18)19(20)21-22-24/h5-12,14H,4,13H2,1-3H3. The molecule has 24 heavy (non-hydrogen) atoms. The Morgan fingerprint density at radius 2 is 1.75 bits per heavy atom. The van der Waals surface area contributed by atoms with Crippen LogP contribution in [0.1, 0.15) is 31.9 Å². The molecule has 0 bridgehead atoms. The summed E-state index contributed by atoms with van der Waals surface area (Å²) in [5.41, 5.74) is 7.01. The van der Waals surface area contributed by atoms with Crippen molar-refractivity contribution in [1.29, 1.82) is 0 Å². The fraction of sp³-hybridized carbons (Fsp3) is 0.300. The van der Waals surface area contributed by atoms with Gasteiger partial charge in [0.15, 0.2) is 0 Å². The third-order valence-corrected chi connectivity index (χ3v) is 4.95. The van der Waals surface area contributed by atoms with Crippen LogP contribution in [0.2, 0.25) is 0 Å². The number of anilines is 1. The predicted molar refractivity (Wildman–Crippen MR) is 98.0 cm³/mol. The van der Waals surface area contributed by atoms with E-state index in [-0.39, 0.29) is 0 Å². The Hall–Kier alpha value is -2.62. The number of para-hydroxylation sites is 1. The summed E-state index contributed by atoms with van der Waals surface area (Å²) < 4.78 is 2.09. The summed E-state index contributed by atoms with van der Waals surface area (Å²) in [6.45, 7) is 5.27. The van der Waals surface area contributed by atoms with E-state index in [4.69, 9.17) is 0 Å². The quantitative estimate of drug-likeness (QED) is 0.696. The highest BCUT2D eigenvalue weighted by Gasteiger charge is 2.26. The maximum absolute atomic E-state index is 4.59. The van der Waals surface area contributed by atoms with Gasteiger partial charge in [-0.25, -0.2) is 4.68 Å². The first kappa shape index (κ1) is 14.9. The molecule has 2 aromatic carbocycles. The summed E-state index contributed by atoms with van der Waals surface area (Å²) in [5.74, 6) is 0. The maximum atomic E-state index is 4.59. The summed E-state index contributed by atoms with van der Waals surface area (Å²) in [6, 6.07) is 17.4. The second-order valence-electron chi connectivity index (χ2n) is 6.52. The van der Waals surface area contributed by atoms with Crippen LogP contribution in [-0.4, -0.2) is 22.0 Å². The van der Waals surface area contributed by atoms with Crippen LogP contribution in [0, 0.1) is 0 Å². The number of benzene rings is 2. The highest BCUT2D eigenvalue weighted by atomic mass is 15.4. The Kier molecular flexibility index (Phi) is 3.60. The second kappa shape index (κ2) is 5.78. The van der Waals surface area contributed by atoms with Gasteiger partial charge in [0.05, 0.1) is 11.7 Å². The molecule has 4 heteroatoms. The lowest BCUT2D eigenvalue weighted by Gasteiger charge is -2.27. The molecule has 4 nitrogen and oxygen atoms in total. The Labute approximate surface area is 142 Å². The third kappa shape index (κ3) is 2.21. The van der Waals surface area contributed by atoms with Gasteiger partial charge in [-0.1, -0.05) is 54.6 Å². The molecule has 0 fully saturated rings. The van der Waals surface area contributed by atoms with Crippen LogP contribution in [0.3, 0.4) is 0 Å². The highest BCUT2D eigenvalue weighted by molar-refractivity contribution is 5.87. The first-order valence-corrected chi connectivity index (χ1v) is 8.54. The molecule has 1 aromatic heterocycles. The largest absolute Gasteiger partial charge is 0.370 e. The van der Waals surface area contributed by atoms with Gasteiger partial charge in [0.25, 0.3) is 0 Å². The molecule has 4 rings (SSSR count). The van der Waals surface area contributed by atoms with Crippen molar-refractivity contribution in [2.45, 2.75) is 32.9 Å². The molecular formula is C20H22N4. The molecular weight excluding hydrogens is 296 g/mol. The molecule has 2 heterocycles. The van der Waals surface area contributed by atoms with E-state index in [0.717, 1.165) is 29.9 Å². The van der Waals surface area contributed by atoms with E-state index >= 15 is 0 Å². The van der Waals surface area contributed by atoms with Gasteiger partial charge in [-0.2, -0.15) is 0 Å². The van der Waals surface area contributed by atoms with Gasteiger partial charge in [-0.15, -0.1) is 5.10 Å². The lowest BCUT2D eigenvalue weighted by molar-refractivity contribution is 0.469. The summed E-state index contributed by atoms with van der Waals surface area (Å²) in [7, 11) is 2.14. The monoisotopic (exact) mass is 318 g/mol. The normalized spacial score (nSPS) is 14.2. The lowest BCUT2D eigenvalue weighted by atomic mass is 9.95. The molecule has 0 spiro atoms. The highest BCUT2D eigenvalue weighted by Crippen LogP contribution is 2.41. The minimum Gasteiger partial charge on any atom is -0.370 e. The molecule has 0 saturated carbocycles. The second-order valence-corrected chi connectivity index (χ2v) is 6.52. The van der Waals surface area contributed by atoms with Crippen molar-refractivity contribution in [3.8, 4) is 22.5 Å². The number of fused-ring (bicyclic) bond motifs is 5. The zero-order valence-corrected chi connectivity index (χ0v) is 14.4. The molecule has 0 saturated heterocycles. The molecule has 0 radical (unpaired) electrons. The average Bonchev–Trinajstić information content (AvgIpc) is 3.04. The zero-order valence-electron chi connectivity index (χ0n) is 14.4. The first-order chi connectivity index (χ1) is 11.7. The lowest BCUT2D eigenvalue weighted by Crippen LogP contribution is -2.20. The van der Waals surface area contributed by atoms with Crippen LogP contribution >= 0.6 is 0 Å². The maximum Gasteiger partial charge on any atom is 0.123 e. The minimum absolute atomic E-state index is 0.318. The average molecular weight is 318 g/mol. The van der Waals surface area contributed by atoms with E-state index in [9.17, 15) is 0 Å². The van der Waals surface area contributed by atoms with E-state index in [0.29, 0.717) is 6.04 Å². The van der Waals surface area contributed by atoms with Crippen molar-refractivity contribution in [2.75, 3.05) is 11.9 Å². The van der Waals surface area contributed by atoms with Gasteiger partial charge < -0.3 is 4.90 Å². The molecule has 0 aliphatic carbocycles. The summed E-state index contributed by atoms with van der Waals surface area (Å²) in [4.78, 5) is 2.29. The number of rotatable bonds is 2. The Bertz CT molecular complexity index is 881. The summed E-state index contributed by atoms with van der Waals surface area (Å²) in [5, 5.41) is 9.11.